The molecule has 154 valence electrons. The Morgan fingerprint density at radius 3 is 2.67 bits per heavy atom. The van der Waals surface area contributed by atoms with E-state index in [2.05, 4.69) is 15.8 Å². The van der Waals surface area contributed by atoms with Crippen LogP contribution in [0.15, 0.2) is 47.6 Å². The molecule has 0 unspecified atom stereocenters. The highest BCUT2D eigenvalue weighted by molar-refractivity contribution is 6.37. The van der Waals surface area contributed by atoms with Crippen LogP contribution in [0, 0.1) is 5.92 Å². The summed E-state index contributed by atoms with van der Waals surface area (Å²) < 4.78 is 5.08. The zero-order valence-corrected chi connectivity index (χ0v) is 16.9. The van der Waals surface area contributed by atoms with Gasteiger partial charge in [-0.05, 0) is 30.3 Å². The number of methoxy groups -OCH3 is 1. The van der Waals surface area contributed by atoms with Gasteiger partial charge in [-0.3, -0.25) is 19.7 Å². The zero-order valence-electron chi connectivity index (χ0n) is 15.4. The van der Waals surface area contributed by atoms with E-state index in [0.717, 1.165) is 11.1 Å². The van der Waals surface area contributed by atoms with E-state index in [9.17, 15) is 19.2 Å². The highest BCUT2D eigenvalue weighted by atomic mass is 35.5. The molecule has 1 saturated heterocycles. The fourth-order valence-corrected chi connectivity index (χ4v) is 3.11. The molecule has 2 aromatic carbocycles. The smallest absolute Gasteiger partial charge is 0.335 e. The van der Waals surface area contributed by atoms with E-state index in [4.69, 9.17) is 27.9 Å². The van der Waals surface area contributed by atoms with Crippen molar-refractivity contribution in [3.05, 3.63) is 58.1 Å². The molecule has 1 aliphatic rings. The number of imide groups is 2. The standard InChI is InChI=1S/C19H14Cl2N4O5/c1-30-12-4-2-3-11(8-12)25-18(28)14(16(26)23-19(25)29)9-22-24-17(27)13-6-5-10(20)7-15(13)21/h2-9,14H,1H3,(H,24,27)(H,23,26,29)/b22-9-/t14-/m1/s1. The highest BCUT2D eigenvalue weighted by Gasteiger charge is 2.40. The lowest BCUT2D eigenvalue weighted by Crippen LogP contribution is -2.58. The quantitative estimate of drug-likeness (QED) is 0.414. The number of halogens is 2. The molecule has 1 aliphatic heterocycles. The Kier molecular flexibility index (Phi) is 6.34. The number of rotatable bonds is 5. The zero-order chi connectivity index (χ0) is 21.8. The minimum Gasteiger partial charge on any atom is -0.497 e. The molecule has 1 fully saturated rings. The van der Waals surface area contributed by atoms with Gasteiger partial charge in [-0.25, -0.2) is 15.1 Å². The summed E-state index contributed by atoms with van der Waals surface area (Å²) in [5.41, 5.74) is 2.49. The van der Waals surface area contributed by atoms with Crippen LogP contribution in [0.2, 0.25) is 10.0 Å². The average molecular weight is 449 g/mol. The summed E-state index contributed by atoms with van der Waals surface area (Å²) in [7, 11) is 1.44. The molecule has 1 heterocycles. The molecule has 1 atom stereocenters. The molecule has 30 heavy (non-hydrogen) atoms. The maximum atomic E-state index is 12.7. The van der Waals surface area contributed by atoms with Crippen molar-refractivity contribution in [3.8, 4) is 5.75 Å². The van der Waals surface area contributed by atoms with E-state index in [-0.39, 0.29) is 16.3 Å². The van der Waals surface area contributed by atoms with Crippen molar-refractivity contribution in [1.29, 1.82) is 0 Å². The number of urea groups is 1. The van der Waals surface area contributed by atoms with Crippen molar-refractivity contribution in [2.75, 3.05) is 12.0 Å². The van der Waals surface area contributed by atoms with Gasteiger partial charge < -0.3 is 4.74 Å². The molecule has 0 bridgehead atoms. The number of hydrogen-bond donors (Lipinski definition) is 2. The van der Waals surface area contributed by atoms with Gasteiger partial charge in [0.15, 0.2) is 5.92 Å². The summed E-state index contributed by atoms with van der Waals surface area (Å²) in [6.45, 7) is 0. The number of carbonyl (C=O) groups excluding carboxylic acids is 4. The fourth-order valence-electron chi connectivity index (χ4n) is 2.62. The van der Waals surface area contributed by atoms with Crippen molar-refractivity contribution >= 4 is 58.9 Å². The Morgan fingerprint density at radius 2 is 1.97 bits per heavy atom. The van der Waals surface area contributed by atoms with Crippen LogP contribution in [0.4, 0.5) is 10.5 Å². The molecule has 9 nitrogen and oxygen atoms in total. The number of nitrogens with zero attached hydrogens (tertiary/aromatic N) is 2. The second kappa shape index (κ2) is 8.93. The largest absolute Gasteiger partial charge is 0.497 e. The topological polar surface area (TPSA) is 117 Å². The van der Waals surface area contributed by atoms with Crippen LogP contribution in [-0.2, 0) is 9.59 Å². The normalized spacial score (nSPS) is 16.6. The van der Waals surface area contributed by atoms with E-state index < -0.39 is 29.7 Å². The first-order chi connectivity index (χ1) is 14.3. The molecule has 0 aliphatic carbocycles. The first kappa shape index (κ1) is 21.3. The lowest BCUT2D eigenvalue weighted by molar-refractivity contribution is -0.131. The fraction of sp³-hybridized carbons (Fsp3) is 0.105. The second-order valence-corrected chi connectivity index (χ2v) is 6.83. The lowest BCUT2D eigenvalue weighted by Gasteiger charge is -2.28. The molecule has 0 aromatic heterocycles. The van der Waals surface area contributed by atoms with Gasteiger partial charge in [0, 0.05) is 17.3 Å². The van der Waals surface area contributed by atoms with Crippen molar-refractivity contribution in [3.63, 3.8) is 0 Å². The number of ether oxygens (including phenoxy) is 1. The van der Waals surface area contributed by atoms with Crippen LogP contribution >= 0.6 is 23.2 Å². The summed E-state index contributed by atoms with van der Waals surface area (Å²) in [6.07, 6.45) is 0.930. The molecule has 3 rings (SSSR count). The minimum absolute atomic E-state index is 0.103. The third kappa shape index (κ3) is 4.42. The number of anilines is 1. The maximum Gasteiger partial charge on any atom is 0.335 e. The highest BCUT2D eigenvalue weighted by Crippen LogP contribution is 2.24. The molecule has 2 aromatic rings. The van der Waals surface area contributed by atoms with Gasteiger partial charge in [-0.2, -0.15) is 5.10 Å². The van der Waals surface area contributed by atoms with Crippen LogP contribution in [0.25, 0.3) is 0 Å². The van der Waals surface area contributed by atoms with E-state index in [1.54, 1.807) is 12.1 Å². The van der Waals surface area contributed by atoms with Crippen molar-refractivity contribution < 1.29 is 23.9 Å². The van der Waals surface area contributed by atoms with Gasteiger partial charge in [0.2, 0.25) is 5.91 Å². The summed E-state index contributed by atoms with van der Waals surface area (Å²) in [4.78, 5) is 50.0. The Balaban J connectivity index is 1.77. The Bertz CT molecular complexity index is 1070. The number of benzene rings is 2. The van der Waals surface area contributed by atoms with E-state index in [1.165, 1.54) is 37.4 Å². The Morgan fingerprint density at radius 1 is 1.20 bits per heavy atom. The van der Waals surface area contributed by atoms with Crippen LogP contribution in [0.3, 0.4) is 0 Å². The van der Waals surface area contributed by atoms with Gasteiger partial charge in [0.05, 0.1) is 23.4 Å². The van der Waals surface area contributed by atoms with Gasteiger partial charge in [-0.15, -0.1) is 0 Å². The third-order valence-corrected chi connectivity index (χ3v) is 4.63. The van der Waals surface area contributed by atoms with Crippen molar-refractivity contribution in [2.45, 2.75) is 0 Å². The average Bonchev–Trinajstić information content (AvgIpc) is 2.70. The lowest BCUT2D eigenvalue weighted by atomic mass is 10.1. The second-order valence-electron chi connectivity index (χ2n) is 5.99. The molecule has 0 spiro atoms. The number of nitrogens with one attached hydrogen (secondary N) is 2. The Labute approximate surface area is 180 Å². The number of carbonyl (C=O) groups is 4. The Hall–Kier alpha value is -3.43. The van der Waals surface area contributed by atoms with Gasteiger partial charge in [-0.1, -0.05) is 29.3 Å². The molecular weight excluding hydrogens is 435 g/mol. The summed E-state index contributed by atoms with van der Waals surface area (Å²) in [5, 5.41) is 6.20. The van der Waals surface area contributed by atoms with E-state index in [0.29, 0.717) is 10.8 Å². The maximum absolute atomic E-state index is 12.7. The van der Waals surface area contributed by atoms with Gasteiger partial charge in [0.25, 0.3) is 11.8 Å². The van der Waals surface area contributed by atoms with Gasteiger partial charge in [0.1, 0.15) is 5.75 Å². The predicted molar refractivity (Wildman–Crippen MR) is 110 cm³/mol. The molecule has 0 radical (unpaired) electrons. The number of hydrazone groups is 1. The molecule has 0 saturated carbocycles. The molecule has 11 heteroatoms. The molecule has 2 N–H and O–H groups in total. The van der Waals surface area contributed by atoms with Gasteiger partial charge >= 0.3 is 6.03 Å². The van der Waals surface area contributed by atoms with Crippen molar-refractivity contribution in [1.82, 2.24) is 10.7 Å². The monoisotopic (exact) mass is 448 g/mol. The van der Waals surface area contributed by atoms with Crippen LogP contribution < -0.4 is 20.4 Å². The van der Waals surface area contributed by atoms with Crippen LogP contribution in [0.5, 0.6) is 5.75 Å². The molecular formula is C19H14Cl2N4O5. The van der Waals surface area contributed by atoms with Crippen LogP contribution in [-0.4, -0.2) is 37.1 Å². The van der Waals surface area contributed by atoms with E-state index in [1.807, 2.05) is 0 Å². The molecule has 5 amide bonds. The summed E-state index contributed by atoms with van der Waals surface area (Å²) >= 11 is 11.7. The minimum atomic E-state index is -1.44. The third-order valence-electron chi connectivity index (χ3n) is 4.08. The number of hydrogen-bond acceptors (Lipinski definition) is 6. The van der Waals surface area contributed by atoms with Crippen molar-refractivity contribution in [2.24, 2.45) is 11.0 Å². The predicted octanol–water partition coefficient (Wildman–Crippen LogP) is 2.62. The number of barbiturate groups is 1. The first-order valence-electron chi connectivity index (χ1n) is 8.43. The summed E-state index contributed by atoms with van der Waals surface area (Å²) in [6, 6.07) is 9.55. The number of amides is 5. The van der Waals surface area contributed by atoms with E-state index >= 15 is 0 Å². The van der Waals surface area contributed by atoms with Crippen LogP contribution in [0.1, 0.15) is 10.4 Å². The SMILES string of the molecule is COc1cccc(N2C(=O)NC(=O)[C@@H](/C=N\NC(=O)c3ccc(Cl)cc3Cl)C2=O)c1. The first-order valence-corrected chi connectivity index (χ1v) is 9.19. The summed E-state index contributed by atoms with van der Waals surface area (Å²) in [5.74, 6) is -3.39.